The minimum atomic E-state index is -0.309. The standard InChI is InChI=1S/C9H16O4/c1-4-9(13-8(2)10)5-6-12-7-11-3/h4,9H,1,5-7H2,2-3H3. The van der Waals surface area contributed by atoms with Crippen LogP contribution in [0.3, 0.4) is 0 Å². The molecule has 0 saturated heterocycles. The van der Waals surface area contributed by atoms with Gasteiger partial charge in [-0.15, -0.1) is 0 Å². The lowest BCUT2D eigenvalue weighted by atomic mass is 10.2. The summed E-state index contributed by atoms with van der Waals surface area (Å²) in [6.07, 6.45) is 1.92. The molecule has 0 aromatic heterocycles. The van der Waals surface area contributed by atoms with Crippen LogP contribution in [0.5, 0.6) is 0 Å². The molecule has 0 radical (unpaired) electrons. The lowest BCUT2D eigenvalue weighted by Gasteiger charge is -2.12. The normalized spacial score (nSPS) is 12.2. The van der Waals surface area contributed by atoms with E-state index in [1.165, 1.54) is 6.92 Å². The Morgan fingerprint density at radius 2 is 2.31 bits per heavy atom. The fourth-order valence-electron chi connectivity index (χ4n) is 0.780. The topological polar surface area (TPSA) is 44.8 Å². The van der Waals surface area contributed by atoms with Crippen molar-refractivity contribution in [3.05, 3.63) is 12.7 Å². The Morgan fingerprint density at radius 1 is 1.62 bits per heavy atom. The molecule has 76 valence electrons. The minimum Gasteiger partial charge on any atom is -0.458 e. The molecule has 4 heteroatoms. The molecule has 1 unspecified atom stereocenters. The van der Waals surface area contributed by atoms with Crippen LogP contribution in [0.25, 0.3) is 0 Å². The first-order valence-electron chi connectivity index (χ1n) is 4.07. The van der Waals surface area contributed by atoms with Gasteiger partial charge in [-0.25, -0.2) is 0 Å². The van der Waals surface area contributed by atoms with Gasteiger partial charge in [0.05, 0.1) is 6.61 Å². The number of ether oxygens (including phenoxy) is 3. The molecule has 1 atom stereocenters. The third-order valence-electron chi connectivity index (χ3n) is 1.33. The summed E-state index contributed by atoms with van der Waals surface area (Å²) in [5.74, 6) is -0.309. The van der Waals surface area contributed by atoms with Gasteiger partial charge in [0, 0.05) is 20.5 Å². The van der Waals surface area contributed by atoms with Crippen LogP contribution in [0.15, 0.2) is 12.7 Å². The third-order valence-corrected chi connectivity index (χ3v) is 1.33. The second-order valence-electron chi connectivity index (χ2n) is 2.49. The van der Waals surface area contributed by atoms with Gasteiger partial charge in [-0.3, -0.25) is 4.79 Å². The number of esters is 1. The van der Waals surface area contributed by atoms with Crippen molar-refractivity contribution in [2.75, 3.05) is 20.5 Å². The van der Waals surface area contributed by atoms with E-state index in [0.29, 0.717) is 13.0 Å². The van der Waals surface area contributed by atoms with Gasteiger partial charge in [-0.2, -0.15) is 0 Å². The first kappa shape index (κ1) is 12.1. The summed E-state index contributed by atoms with van der Waals surface area (Å²) in [4.78, 5) is 10.6. The fourth-order valence-corrected chi connectivity index (χ4v) is 0.780. The first-order chi connectivity index (χ1) is 6.20. The van der Waals surface area contributed by atoms with E-state index in [2.05, 4.69) is 11.3 Å². The zero-order valence-corrected chi connectivity index (χ0v) is 8.12. The van der Waals surface area contributed by atoms with E-state index in [9.17, 15) is 4.79 Å². The van der Waals surface area contributed by atoms with Gasteiger partial charge in [0.1, 0.15) is 12.9 Å². The molecule has 0 aliphatic carbocycles. The molecule has 0 spiro atoms. The highest BCUT2D eigenvalue weighted by atomic mass is 16.7. The van der Waals surface area contributed by atoms with Crippen molar-refractivity contribution >= 4 is 5.97 Å². The zero-order chi connectivity index (χ0) is 10.1. The average Bonchev–Trinajstić information content (AvgIpc) is 2.09. The van der Waals surface area contributed by atoms with Crippen molar-refractivity contribution in [1.29, 1.82) is 0 Å². The SMILES string of the molecule is C=CC(CCOCOC)OC(C)=O. The average molecular weight is 188 g/mol. The van der Waals surface area contributed by atoms with E-state index >= 15 is 0 Å². The molecule has 4 nitrogen and oxygen atoms in total. The Morgan fingerprint density at radius 3 is 2.77 bits per heavy atom. The number of carbonyl (C=O) groups excluding carboxylic acids is 1. The van der Waals surface area contributed by atoms with Gasteiger partial charge < -0.3 is 14.2 Å². The van der Waals surface area contributed by atoms with Crippen LogP contribution in [0.1, 0.15) is 13.3 Å². The summed E-state index contributed by atoms with van der Waals surface area (Å²) in [5, 5.41) is 0. The van der Waals surface area contributed by atoms with Gasteiger partial charge in [-0.1, -0.05) is 12.7 Å². The molecule has 0 aliphatic heterocycles. The molecular weight excluding hydrogens is 172 g/mol. The maximum absolute atomic E-state index is 10.6. The minimum absolute atomic E-state index is 0.254. The van der Waals surface area contributed by atoms with Gasteiger partial charge in [0.2, 0.25) is 0 Å². The van der Waals surface area contributed by atoms with Crippen molar-refractivity contribution in [3.63, 3.8) is 0 Å². The molecule has 0 N–H and O–H groups in total. The maximum atomic E-state index is 10.6. The van der Waals surface area contributed by atoms with Crippen LogP contribution in [0.4, 0.5) is 0 Å². The molecular formula is C9H16O4. The summed E-state index contributed by atoms with van der Waals surface area (Å²) in [6.45, 7) is 5.65. The molecule has 0 aromatic rings. The van der Waals surface area contributed by atoms with E-state index in [4.69, 9.17) is 9.47 Å². The van der Waals surface area contributed by atoms with E-state index < -0.39 is 0 Å². The molecule has 0 fully saturated rings. The smallest absolute Gasteiger partial charge is 0.303 e. The molecule has 0 aliphatic rings. The van der Waals surface area contributed by atoms with Gasteiger partial charge in [0.15, 0.2) is 0 Å². The molecule has 0 saturated carbocycles. The van der Waals surface area contributed by atoms with E-state index in [-0.39, 0.29) is 18.9 Å². The quantitative estimate of drug-likeness (QED) is 0.260. The highest BCUT2D eigenvalue weighted by Gasteiger charge is 2.06. The van der Waals surface area contributed by atoms with Crippen LogP contribution in [0.2, 0.25) is 0 Å². The van der Waals surface area contributed by atoms with Crippen LogP contribution in [-0.2, 0) is 19.0 Å². The van der Waals surface area contributed by atoms with Gasteiger partial charge in [-0.05, 0) is 0 Å². The highest BCUT2D eigenvalue weighted by Crippen LogP contribution is 2.00. The number of hydrogen-bond acceptors (Lipinski definition) is 4. The molecule has 0 aromatic carbocycles. The van der Waals surface area contributed by atoms with E-state index in [0.717, 1.165) is 0 Å². The molecule has 13 heavy (non-hydrogen) atoms. The Bertz CT molecular complexity index is 156. The van der Waals surface area contributed by atoms with Crippen molar-refractivity contribution in [2.24, 2.45) is 0 Å². The summed E-state index contributed by atoms with van der Waals surface area (Å²) in [5.41, 5.74) is 0. The number of rotatable bonds is 7. The Balaban J connectivity index is 3.48. The molecule has 0 amide bonds. The Kier molecular flexibility index (Phi) is 7.24. The van der Waals surface area contributed by atoms with Gasteiger partial charge >= 0.3 is 5.97 Å². The Hall–Kier alpha value is -0.870. The summed E-state index contributed by atoms with van der Waals surface area (Å²) in [7, 11) is 1.55. The van der Waals surface area contributed by atoms with Crippen LogP contribution in [0, 0.1) is 0 Å². The fraction of sp³-hybridized carbons (Fsp3) is 0.667. The summed E-state index contributed by atoms with van der Waals surface area (Å²) in [6, 6.07) is 0. The number of methoxy groups -OCH3 is 1. The van der Waals surface area contributed by atoms with Crippen LogP contribution >= 0.6 is 0 Å². The largest absolute Gasteiger partial charge is 0.458 e. The number of carbonyl (C=O) groups is 1. The lowest BCUT2D eigenvalue weighted by molar-refractivity contribution is -0.145. The zero-order valence-electron chi connectivity index (χ0n) is 8.12. The van der Waals surface area contributed by atoms with E-state index in [1.54, 1.807) is 13.2 Å². The predicted molar refractivity (Wildman–Crippen MR) is 48.2 cm³/mol. The lowest BCUT2D eigenvalue weighted by Crippen LogP contribution is -2.16. The first-order valence-corrected chi connectivity index (χ1v) is 4.07. The molecule has 0 bridgehead atoms. The molecule has 0 heterocycles. The highest BCUT2D eigenvalue weighted by molar-refractivity contribution is 5.66. The summed E-state index contributed by atoms with van der Waals surface area (Å²) < 4.78 is 14.6. The second kappa shape index (κ2) is 7.76. The third kappa shape index (κ3) is 7.49. The van der Waals surface area contributed by atoms with Crippen LogP contribution in [-0.4, -0.2) is 32.6 Å². The number of hydrogen-bond donors (Lipinski definition) is 0. The van der Waals surface area contributed by atoms with Crippen molar-refractivity contribution in [1.82, 2.24) is 0 Å². The monoisotopic (exact) mass is 188 g/mol. The van der Waals surface area contributed by atoms with Crippen LogP contribution < -0.4 is 0 Å². The van der Waals surface area contributed by atoms with Crippen molar-refractivity contribution < 1.29 is 19.0 Å². The Labute approximate surface area is 78.5 Å². The van der Waals surface area contributed by atoms with Crippen molar-refractivity contribution in [3.8, 4) is 0 Å². The summed E-state index contributed by atoms with van der Waals surface area (Å²) >= 11 is 0. The van der Waals surface area contributed by atoms with E-state index in [1.807, 2.05) is 0 Å². The maximum Gasteiger partial charge on any atom is 0.303 e. The second-order valence-corrected chi connectivity index (χ2v) is 2.49. The predicted octanol–water partition coefficient (Wildman–Crippen LogP) is 1.11. The van der Waals surface area contributed by atoms with Gasteiger partial charge in [0.25, 0.3) is 0 Å². The molecule has 0 rings (SSSR count). The van der Waals surface area contributed by atoms with Crippen molar-refractivity contribution in [2.45, 2.75) is 19.4 Å².